The summed E-state index contributed by atoms with van der Waals surface area (Å²) in [5, 5.41) is 4.20. The molecule has 0 spiro atoms. The number of thiocarbonyl (C=S) groups is 1. The van der Waals surface area contributed by atoms with Crippen LogP contribution < -0.4 is 5.32 Å². The Morgan fingerprint density at radius 1 is 1.38 bits per heavy atom. The summed E-state index contributed by atoms with van der Waals surface area (Å²) in [6.45, 7) is 0.533. The maximum absolute atomic E-state index is 13.0. The maximum Gasteiger partial charge on any atom is 0.305 e. The average molecular weight is 397 g/mol. The molecular weight excluding hydrogens is 372 g/mol. The Kier molecular flexibility index (Phi) is 7.41. The molecule has 1 aromatic carbocycles. The quantitative estimate of drug-likeness (QED) is 0.451. The van der Waals surface area contributed by atoms with E-state index < -0.39 is 5.54 Å². The molecular formula is C19H25ClN2O3S. The van der Waals surface area contributed by atoms with E-state index in [1.165, 1.54) is 7.11 Å². The number of hydrogen-bond acceptors (Lipinski definition) is 4. The van der Waals surface area contributed by atoms with Crippen LogP contribution in [0.2, 0.25) is 5.02 Å². The van der Waals surface area contributed by atoms with Crippen LogP contribution in [0.3, 0.4) is 0 Å². The van der Waals surface area contributed by atoms with Crippen molar-refractivity contribution >= 4 is 40.7 Å². The minimum Gasteiger partial charge on any atom is -0.469 e. The monoisotopic (exact) mass is 396 g/mol. The normalized spacial score (nSPS) is 19.7. The predicted molar refractivity (Wildman–Crippen MR) is 106 cm³/mol. The smallest absolute Gasteiger partial charge is 0.305 e. The molecule has 1 aliphatic carbocycles. The molecule has 0 aliphatic heterocycles. The molecule has 1 N–H and O–H groups in total. The first-order valence-electron chi connectivity index (χ1n) is 8.80. The van der Waals surface area contributed by atoms with Crippen molar-refractivity contribution < 1.29 is 14.3 Å². The number of Topliss-reactive ketones (excluding diaryl/α,β-unsaturated/α-hetero) is 1. The van der Waals surface area contributed by atoms with Gasteiger partial charge in [0, 0.05) is 37.0 Å². The lowest BCUT2D eigenvalue weighted by molar-refractivity contribution is -0.140. The molecule has 1 aromatic rings. The summed E-state index contributed by atoms with van der Waals surface area (Å²) >= 11 is 12.0. The molecule has 2 rings (SSSR count). The minimum absolute atomic E-state index is 0.137. The number of hydrogen-bond donors (Lipinski definition) is 1. The van der Waals surface area contributed by atoms with Crippen LogP contribution in [0.4, 0.5) is 0 Å². The molecule has 26 heavy (non-hydrogen) atoms. The van der Waals surface area contributed by atoms with Gasteiger partial charge in [0.05, 0.1) is 7.11 Å². The fourth-order valence-electron chi connectivity index (χ4n) is 3.45. The van der Waals surface area contributed by atoms with E-state index in [4.69, 9.17) is 23.8 Å². The number of nitrogens with zero attached hydrogens (tertiary/aromatic N) is 1. The summed E-state index contributed by atoms with van der Waals surface area (Å²) < 4.78 is 4.63. The van der Waals surface area contributed by atoms with Crippen LogP contribution in [0.25, 0.3) is 0 Å². The van der Waals surface area contributed by atoms with E-state index in [2.05, 4.69) is 10.1 Å². The van der Waals surface area contributed by atoms with Crippen LogP contribution in [0.5, 0.6) is 0 Å². The number of likely N-dealkylation sites (N-methyl/N-ethyl adjacent to an activating group) is 1. The van der Waals surface area contributed by atoms with Gasteiger partial charge >= 0.3 is 5.97 Å². The maximum atomic E-state index is 13.0. The van der Waals surface area contributed by atoms with E-state index in [9.17, 15) is 9.59 Å². The van der Waals surface area contributed by atoms with Crippen LogP contribution in [0, 0.1) is 0 Å². The van der Waals surface area contributed by atoms with Crippen molar-refractivity contribution in [2.45, 2.75) is 44.1 Å². The summed E-state index contributed by atoms with van der Waals surface area (Å²) in [5.74, 6) is -0.112. The highest BCUT2D eigenvalue weighted by molar-refractivity contribution is 7.80. The molecule has 0 unspecified atom stereocenters. The van der Waals surface area contributed by atoms with Crippen LogP contribution in [0.15, 0.2) is 24.3 Å². The Labute approximate surface area is 165 Å². The molecule has 142 valence electrons. The van der Waals surface area contributed by atoms with Gasteiger partial charge in [-0.1, -0.05) is 29.8 Å². The molecule has 1 saturated carbocycles. The predicted octanol–water partition coefficient (Wildman–Crippen LogP) is 3.44. The number of ketones is 1. The largest absolute Gasteiger partial charge is 0.469 e. The molecule has 1 aliphatic rings. The van der Waals surface area contributed by atoms with Crippen molar-refractivity contribution in [1.82, 2.24) is 10.2 Å². The number of esters is 1. The summed E-state index contributed by atoms with van der Waals surface area (Å²) in [5.41, 5.74) is -0.0455. The highest BCUT2D eigenvalue weighted by Crippen LogP contribution is 2.42. The molecule has 5 nitrogen and oxygen atoms in total. The molecule has 0 heterocycles. The van der Waals surface area contributed by atoms with E-state index in [0.717, 1.165) is 18.4 Å². The number of carbonyl (C=O) groups excluding carboxylic acids is 2. The Morgan fingerprint density at radius 2 is 2.12 bits per heavy atom. The first-order valence-corrected chi connectivity index (χ1v) is 9.59. The molecule has 0 bridgehead atoms. The second-order valence-corrected chi connectivity index (χ2v) is 7.23. The molecule has 1 fully saturated rings. The zero-order valence-electron chi connectivity index (χ0n) is 15.2. The Morgan fingerprint density at radius 3 is 2.77 bits per heavy atom. The van der Waals surface area contributed by atoms with Crippen molar-refractivity contribution in [1.29, 1.82) is 0 Å². The first-order chi connectivity index (χ1) is 12.4. The van der Waals surface area contributed by atoms with Gasteiger partial charge in [0.1, 0.15) is 5.54 Å². The van der Waals surface area contributed by atoms with Crippen LogP contribution >= 0.6 is 23.8 Å². The highest BCUT2D eigenvalue weighted by Gasteiger charge is 2.46. The third-order valence-corrected chi connectivity index (χ3v) is 5.66. The van der Waals surface area contributed by atoms with Gasteiger partial charge in [-0.25, -0.2) is 0 Å². The van der Waals surface area contributed by atoms with Crippen LogP contribution in [0.1, 0.15) is 44.1 Å². The Bertz CT molecular complexity index is 683. The van der Waals surface area contributed by atoms with Crippen LogP contribution in [-0.2, 0) is 19.9 Å². The minimum atomic E-state index is -0.844. The summed E-state index contributed by atoms with van der Waals surface area (Å²) in [7, 11) is 3.21. The standard InChI is InChI=1S/C19H25ClN2O3S/c1-22(18(26)21-13-7-11-17(24)25-2)19(12-6-5-10-16(19)23)14-8-3-4-9-15(14)20/h3-4,8-9H,5-7,10-13H2,1-2H3,(H,21,26)/t19-/m1/s1. The van der Waals surface area contributed by atoms with Crippen molar-refractivity contribution in [2.24, 2.45) is 0 Å². The van der Waals surface area contributed by atoms with E-state index in [1.54, 1.807) is 6.07 Å². The number of methoxy groups -OCH3 is 1. The fourth-order valence-corrected chi connectivity index (χ4v) is 4.00. The summed E-state index contributed by atoms with van der Waals surface area (Å²) in [6.07, 6.45) is 3.94. The Hall–Kier alpha value is -1.66. The van der Waals surface area contributed by atoms with Gasteiger partial charge in [0.15, 0.2) is 10.9 Å². The molecule has 7 heteroatoms. The summed E-state index contributed by atoms with van der Waals surface area (Å²) in [4.78, 5) is 26.1. The van der Waals surface area contributed by atoms with Gasteiger partial charge in [-0.05, 0) is 44.0 Å². The van der Waals surface area contributed by atoms with Gasteiger partial charge in [0.25, 0.3) is 0 Å². The number of carbonyl (C=O) groups is 2. The third kappa shape index (κ3) is 4.35. The van der Waals surface area contributed by atoms with E-state index >= 15 is 0 Å². The zero-order valence-corrected chi connectivity index (χ0v) is 16.8. The van der Waals surface area contributed by atoms with Crippen molar-refractivity contribution in [3.05, 3.63) is 34.9 Å². The number of halogens is 1. The van der Waals surface area contributed by atoms with Crippen molar-refractivity contribution in [3.63, 3.8) is 0 Å². The van der Waals surface area contributed by atoms with Crippen molar-refractivity contribution in [2.75, 3.05) is 20.7 Å². The highest BCUT2D eigenvalue weighted by atomic mass is 35.5. The van der Waals surface area contributed by atoms with Gasteiger partial charge in [0.2, 0.25) is 0 Å². The molecule has 1 atom stereocenters. The number of ether oxygens (including phenoxy) is 1. The SMILES string of the molecule is COC(=O)CCCNC(=S)N(C)[C@@]1(c2ccccc2Cl)CCCCC1=O. The van der Waals surface area contributed by atoms with E-state index in [-0.39, 0.29) is 11.8 Å². The van der Waals surface area contributed by atoms with E-state index in [1.807, 2.05) is 30.1 Å². The lowest BCUT2D eigenvalue weighted by Crippen LogP contribution is -2.56. The van der Waals surface area contributed by atoms with Gasteiger partial charge in [-0.3, -0.25) is 9.59 Å². The zero-order chi connectivity index (χ0) is 19.2. The van der Waals surface area contributed by atoms with Crippen LogP contribution in [-0.4, -0.2) is 42.5 Å². The first kappa shape index (κ1) is 20.6. The Balaban J connectivity index is 2.18. The second-order valence-electron chi connectivity index (χ2n) is 6.44. The molecule has 0 amide bonds. The van der Waals surface area contributed by atoms with Gasteiger partial charge in [-0.2, -0.15) is 0 Å². The molecule has 0 radical (unpaired) electrons. The number of nitrogens with one attached hydrogen (secondary N) is 1. The van der Waals surface area contributed by atoms with Crippen molar-refractivity contribution in [3.8, 4) is 0 Å². The molecule has 0 saturated heterocycles. The van der Waals surface area contributed by atoms with Gasteiger partial charge in [-0.15, -0.1) is 0 Å². The van der Waals surface area contributed by atoms with Gasteiger partial charge < -0.3 is 15.0 Å². The number of benzene rings is 1. The lowest BCUT2D eigenvalue weighted by atomic mass is 9.74. The molecule has 0 aromatic heterocycles. The fraction of sp³-hybridized carbons (Fsp3) is 0.526. The van der Waals surface area contributed by atoms with E-state index in [0.29, 0.717) is 42.4 Å². The lowest BCUT2D eigenvalue weighted by Gasteiger charge is -2.45. The summed E-state index contributed by atoms with van der Waals surface area (Å²) in [6, 6.07) is 7.46. The second kappa shape index (κ2) is 9.33. The average Bonchev–Trinajstić information content (AvgIpc) is 2.65. The third-order valence-electron chi connectivity index (χ3n) is 4.91. The number of rotatable bonds is 6. The topological polar surface area (TPSA) is 58.6 Å².